The van der Waals surface area contributed by atoms with E-state index in [-0.39, 0.29) is 16.7 Å². The van der Waals surface area contributed by atoms with Crippen LogP contribution in [0.4, 0.5) is 13.2 Å². The molecule has 4 N–H and O–H groups in total. The Bertz CT molecular complexity index is 883. The van der Waals surface area contributed by atoms with Gasteiger partial charge in [-0.25, -0.2) is 0 Å². The first-order valence-corrected chi connectivity index (χ1v) is 7.69. The largest absolute Gasteiger partial charge is 0.534 e. The van der Waals surface area contributed by atoms with Gasteiger partial charge in [-0.1, -0.05) is 0 Å². The molecule has 0 aliphatic heterocycles. The van der Waals surface area contributed by atoms with Crippen LogP contribution in [-0.4, -0.2) is 32.2 Å². The summed E-state index contributed by atoms with van der Waals surface area (Å²) in [5.74, 6) is -0.836. The molecule has 0 amide bonds. The van der Waals surface area contributed by atoms with Gasteiger partial charge < -0.3 is 15.7 Å². The topological polar surface area (TPSA) is 144 Å². The number of rotatable bonds is 5. The van der Waals surface area contributed by atoms with Crippen LogP contribution < -0.4 is 15.7 Å². The summed E-state index contributed by atoms with van der Waals surface area (Å²) in [6, 6.07) is 2.50. The third kappa shape index (κ3) is 4.48. The smallest absolute Gasteiger partial charge is 0.404 e. The molecule has 8 nitrogen and oxygen atoms in total. The first-order chi connectivity index (χ1) is 11.6. The average Bonchev–Trinajstić information content (AvgIpc) is 2.53. The summed E-state index contributed by atoms with van der Waals surface area (Å²) >= 11 is 0. The van der Waals surface area contributed by atoms with E-state index in [1.165, 1.54) is 13.3 Å². The number of allylic oxidation sites excluding steroid dienone is 2. The molecule has 12 heteroatoms. The molecule has 0 aliphatic carbocycles. The van der Waals surface area contributed by atoms with E-state index >= 15 is 0 Å². The van der Waals surface area contributed by atoms with Gasteiger partial charge >= 0.3 is 15.6 Å². The molecule has 1 aromatic heterocycles. The Morgan fingerprint density at radius 2 is 2.04 bits per heavy atom. The van der Waals surface area contributed by atoms with Crippen LogP contribution in [0.3, 0.4) is 0 Å². The van der Waals surface area contributed by atoms with Gasteiger partial charge in [0.25, 0.3) is 0 Å². The molecule has 0 aromatic carbocycles. The molecular formula is C13H12F3N5O3S. The van der Waals surface area contributed by atoms with E-state index in [4.69, 9.17) is 16.7 Å². The summed E-state index contributed by atoms with van der Waals surface area (Å²) in [5.41, 5.74) is 4.38. The van der Waals surface area contributed by atoms with Gasteiger partial charge in [-0.05, 0) is 6.07 Å². The monoisotopic (exact) mass is 375 g/mol. The lowest BCUT2D eigenvalue weighted by Gasteiger charge is -2.13. The molecule has 0 spiro atoms. The molecule has 1 aromatic rings. The summed E-state index contributed by atoms with van der Waals surface area (Å²) < 4.78 is 64.4. The van der Waals surface area contributed by atoms with Crippen molar-refractivity contribution in [3.05, 3.63) is 35.9 Å². The first-order valence-electron chi connectivity index (χ1n) is 6.28. The summed E-state index contributed by atoms with van der Waals surface area (Å²) in [7, 11) is -4.57. The van der Waals surface area contributed by atoms with Crippen molar-refractivity contribution >= 4 is 27.5 Å². The molecule has 1 heterocycles. The van der Waals surface area contributed by atoms with Crippen molar-refractivity contribution in [3.8, 4) is 11.8 Å². The maximum absolute atomic E-state index is 12.6. The third-order valence-corrected chi connectivity index (χ3v) is 3.62. The fourth-order valence-corrected chi connectivity index (χ4v) is 2.01. The molecule has 0 bridgehead atoms. The van der Waals surface area contributed by atoms with Crippen molar-refractivity contribution in [3.63, 3.8) is 0 Å². The lowest BCUT2D eigenvalue weighted by atomic mass is 10.1. The normalized spacial score (nSPS) is 13.7. The average molecular weight is 375 g/mol. The molecular weight excluding hydrogens is 363 g/mol. The second-order valence-electron chi connectivity index (χ2n) is 4.26. The lowest BCUT2D eigenvalue weighted by molar-refractivity contribution is -0.0500. The number of pyridine rings is 1. The number of alkyl halides is 3. The van der Waals surface area contributed by atoms with E-state index in [1.54, 1.807) is 6.07 Å². The summed E-state index contributed by atoms with van der Waals surface area (Å²) in [5, 5.41) is 8.95. The second kappa shape index (κ2) is 7.67. The van der Waals surface area contributed by atoms with Crippen LogP contribution in [0.25, 0.3) is 11.1 Å². The molecule has 0 radical (unpaired) electrons. The van der Waals surface area contributed by atoms with Gasteiger partial charge in [0, 0.05) is 43.0 Å². The molecule has 0 fully saturated rings. The zero-order chi connectivity index (χ0) is 19.3. The zero-order valence-corrected chi connectivity index (χ0v) is 13.5. The van der Waals surface area contributed by atoms with Gasteiger partial charge in [0.1, 0.15) is 11.8 Å². The molecule has 134 valence electrons. The van der Waals surface area contributed by atoms with Gasteiger partial charge in [-0.3, -0.25) is 9.98 Å². The lowest BCUT2D eigenvalue weighted by Crippen LogP contribution is -2.28. The van der Waals surface area contributed by atoms with Crippen molar-refractivity contribution in [2.24, 2.45) is 16.5 Å². The van der Waals surface area contributed by atoms with Crippen molar-refractivity contribution in [2.75, 3.05) is 7.05 Å². The SMILES string of the molecule is CN=C/C(=C\N)c1cnc(/C(C#N)=C\N)c(OS(=O)(=O)C(F)(F)F)c1. The first kappa shape index (κ1) is 20.0. The molecule has 25 heavy (non-hydrogen) atoms. The van der Waals surface area contributed by atoms with Crippen LogP contribution in [0, 0.1) is 11.3 Å². The van der Waals surface area contributed by atoms with Crippen LogP contribution in [0.15, 0.2) is 29.7 Å². The molecule has 0 unspecified atom stereocenters. The number of hydrogen-bond donors (Lipinski definition) is 2. The fraction of sp³-hybridized carbons (Fsp3) is 0.154. The highest BCUT2D eigenvalue weighted by Gasteiger charge is 2.49. The number of nitriles is 1. The van der Waals surface area contributed by atoms with Crippen molar-refractivity contribution in [1.82, 2.24) is 4.98 Å². The highest BCUT2D eigenvalue weighted by molar-refractivity contribution is 7.88. The summed E-state index contributed by atoms with van der Waals surface area (Å²) in [6.07, 6.45) is 4.24. The highest BCUT2D eigenvalue weighted by Crippen LogP contribution is 2.32. The van der Waals surface area contributed by atoms with Crippen LogP contribution in [0.2, 0.25) is 0 Å². The maximum atomic E-state index is 12.6. The van der Waals surface area contributed by atoms with Crippen molar-refractivity contribution in [1.29, 1.82) is 5.26 Å². The van der Waals surface area contributed by atoms with Gasteiger partial charge in [0.2, 0.25) is 0 Å². The number of hydrogen-bond acceptors (Lipinski definition) is 8. The van der Waals surface area contributed by atoms with Crippen molar-refractivity contribution in [2.45, 2.75) is 5.51 Å². The highest BCUT2D eigenvalue weighted by atomic mass is 32.2. The summed E-state index contributed by atoms with van der Waals surface area (Å²) in [4.78, 5) is 7.45. The van der Waals surface area contributed by atoms with Crippen LogP contribution in [0.5, 0.6) is 5.75 Å². The van der Waals surface area contributed by atoms with Crippen molar-refractivity contribution < 1.29 is 25.8 Å². The molecule has 0 saturated heterocycles. The van der Waals surface area contributed by atoms with E-state index in [9.17, 15) is 21.6 Å². The van der Waals surface area contributed by atoms with Crippen LogP contribution >= 0.6 is 0 Å². The van der Waals surface area contributed by atoms with Gasteiger partial charge in [0.05, 0.1) is 5.57 Å². The third-order valence-electron chi connectivity index (χ3n) is 2.66. The Morgan fingerprint density at radius 1 is 1.40 bits per heavy atom. The Hall–Kier alpha value is -3.07. The maximum Gasteiger partial charge on any atom is 0.534 e. The number of nitrogens with two attached hydrogens (primary N) is 2. The minimum atomic E-state index is -5.99. The molecule has 0 saturated carbocycles. The summed E-state index contributed by atoms with van der Waals surface area (Å²) in [6.45, 7) is 0. The predicted octanol–water partition coefficient (Wildman–Crippen LogP) is 1.13. The fourth-order valence-electron chi connectivity index (χ4n) is 1.56. The number of aromatic nitrogens is 1. The minimum Gasteiger partial charge on any atom is -0.404 e. The Kier molecular flexibility index (Phi) is 6.13. The van der Waals surface area contributed by atoms with Gasteiger partial charge in [-0.2, -0.15) is 26.9 Å². The van der Waals surface area contributed by atoms with Crippen LogP contribution in [0.1, 0.15) is 11.3 Å². The van der Waals surface area contributed by atoms with E-state index < -0.39 is 27.1 Å². The molecule has 0 aliphatic rings. The number of nitrogens with zero attached hydrogens (tertiary/aromatic N) is 3. The van der Waals surface area contributed by atoms with E-state index in [1.807, 2.05) is 0 Å². The van der Waals surface area contributed by atoms with Gasteiger partial charge in [0.15, 0.2) is 5.75 Å². The van der Waals surface area contributed by atoms with Gasteiger partial charge in [-0.15, -0.1) is 0 Å². The second-order valence-corrected chi connectivity index (χ2v) is 5.79. The van der Waals surface area contributed by atoms with E-state index in [2.05, 4.69) is 14.2 Å². The number of aliphatic imine (C=N–C) groups is 1. The zero-order valence-electron chi connectivity index (χ0n) is 12.6. The Labute approximate surface area is 141 Å². The molecule has 1 rings (SSSR count). The molecule has 0 atom stereocenters. The minimum absolute atomic E-state index is 0.110. The van der Waals surface area contributed by atoms with E-state index in [0.717, 1.165) is 24.7 Å². The van der Waals surface area contributed by atoms with E-state index in [0.29, 0.717) is 0 Å². The number of halogens is 3. The van der Waals surface area contributed by atoms with Crippen LogP contribution in [-0.2, 0) is 10.1 Å². The Balaban J connectivity index is 3.62. The standard InChI is InChI=1S/C13H12F3N5O3S/c1-20-6-10(5-19)8-2-11(24-25(22,23)13(14,15)16)12(21-7-8)9(3-17)4-18/h2-3,5-7H,17,19H2,1H3/b9-3-,10-5+,20-6?. The predicted molar refractivity (Wildman–Crippen MR) is 84.2 cm³/mol. The Morgan fingerprint density at radius 3 is 2.48 bits per heavy atom. The quantitative estimate of drug-likeness (QED) is 0.340.